The fraction of sp³-hybridized carbons (Fsp3) is 0.583. The van der Waals surface area contributed by atoms with Crippen molar-refractivity contribution in [1.29, 1.82) is 0 Å². The van der Waals surface area contributed by atoms with Gasteiger partial charge in [0.25, 0.3) is 0 Å². The highest BCUT2D eigenvalue weighted by Gasteiger charge is 2.23. The van der Waals surface area contributed by atoms with Gasteiger partial charge in [-0.15, -0.1) is 11.3 Å². The Morgan fingerprint density at radius 3 is 2.62 bits per heavy atom. The fourth-order valence-electron chi connectivity index (χ4n) is 1.46. The van der Waals surface area contributed by atoms with E-state index < -0.39 is 0 Å². The number of methoxy groups -OCH3 is 1. The summed E-state index contributed by atoms with van der Waals surface area (Å²) in [5.41, 5.74) is 0. The third-order valence-corrected chi connectivity index (χ3v) is 3.55. The lowest BCUT2D eigenvalue weighted by molar-refractivity contribution is -0.143. The van der Waals surface area contributed by atoms with Gasteiger partial charge in [-0.25, -0.2) is 4.79 Å². The van der Waals surface area contributed by atoms with Gasteiger partial charge in [0.1, 0.15) is 6.04 Å². The molecule has 0 saturated heterocycles. The lowest BCUT2D eigenvalue weighted by Crippen LogP contribution is -2.33. The Bertz CT molecular complexity index is 347. The predicted molar refractivity (Wildman–Crippen MR) is 66.7 cm³/mol. The lowest BCUT2D eigenvalue weighted by Gasteiger charge is -2.17. The molecule has 1 heterocycles. The van der Waals surface area contributed by atoms with Gasteiger partial charge in [0.05, 0.1) is 7.11 Å². The van der Waals surface area contributed by atoms with E-state index in [1.54, 1.807) is 11.3 Å². The number of hydrogen-bond acceptors (Lipinski definition) is 4. The number of esters is 1. The molecule has 0 radical (unpaired) electrons. The van der Waals surface area contributed by atoms with E-state index in [-0.39, 0.29) is 18.1 Å². The molecule has 0 spiro atoms. The number of thiophene rings is 1. The molecule has 1 atom stereocenters. The fourth-order valence-corrected chi connectivity index (χ4v) is 2.46. The van der Waals surface area contributed by atoms with E-state index in [4.69, 9.17) is 4.74 Å². The van der Waals surface area contributed by atoms with Gasteiger partial charge in [-0.05, 0) is 32.4 Å². The number of hydrogen-bond donors (Lipinski definition) is 1. The maximum Gasteiger partial charge on any atom is 0.328 e. The van der Waals surface area contributed by atoms with Gasteiger partial charge in [-0.1, -0.05) is 6.92 Å². The van der Waals surface area contributed by atoms with Crippen LogP contribution in [0.3, 0.4) is 0 Å². The summed E-state index contributed by atoms with van der Waals surface area (Å²) in [4.78, 5) is 14.0. The zero-order valence-electron chi connectivity index (χ0n) is 10.2. The topological polar surface area (TPSA) is 38.3 Å². The standard InChI is InChI=1S/C12H19NO2S/c1-5-9-6-7-10(16-9)11(12(14)15-4)13-8(2)3/h6-8,11,13H,5H2,1-4H3. The van der Waals surface area contributed by atoms with Crippen molar-refractivity contribution in [2.24, 2.45) is 0 Å². The van der Waals surface area contributed by atoms with Crippen LogP contribution in [0.2, 0.25) is 0 Å². The minimum absolute atomic E-state index is 0.224. The van der Waals surface area contributed by atoms with Gasteiger partial charge in [-0.2, -0.15) is 0 Å². The highest BCUT2D eigenvalue weighted by atomic mass is 32.1. The average molecular weight is 241 g/mol. The number of ether oxygens (including phenoxy) is 1. The number of carbonyl (C=O) groups excluding carboxylic acids is 1. The van der Waals surface area contributed by atoms with Crippen molar-refractivity contribution in [2.45, 2.75) is 39.3 Å². The summed E-state index contributed by atoms with van der Waals surface area (Å²) in [5, 5.41) is 3.22. The molecule has 0 aliphatic heterocycles. The van der Waals surface area contributed by atoms with Crippen molar-refractivity contribution in [3.8, 4) is 0 Å². The largest absolute Gasteiger partial charge is 0.468 e. The molecule has 1 N–H and O–H groups in total. The second-order valence-electron chi connectivity index (χ2n) is 3.94. The third kappa shape index (κ3) is 3.32. The summed E-state index contributed by atoms with van der Waals surface area (Å²) in [6, 6.07) is 3.98. The maximum absolute atomic E-state index is 11.7. The van der Waals surface area contributed by atoms with Gasteiger partial charge >= 0.3 is 5.97 Å². The van der Waals surface area contributed by atoms with Crippen molar-refractivity contribution in [3.05, 3.63) is 21.9 Å². The quantitative estimate of drug-likeness (QED) is 0.805. The number of carbonyl (C=O) groups is 1. The Morgan fingerprint density at radius 1 is 1.50 bits per heavy atom. The summed E-state index contributed by atoms with van der Waals surface area (Å²) in [5.74, 6) is -0.224. The van der Waals surface area contributed by atoms with Crippen LogP contribution in [0.5, 0.6) is 0 Å². The Hall–Kier alpha value is -0.870. The van der Waals surface area contributed by atoms with Gasteiger partial charge in [0.2, 0.25) is 0 Å². The molecule has 3 nitrogen and oxygen atoms in total. The summed E-state index contributed by atoms with van der Waals surface area (Å²) < 4.78 is 4.82. The Balaban J connectivity index is 2.86. The third-order valence-electron chi connectivity index (χ3n) is 2.25. The minimum Gasteiger partial charge on any atom is -0.468 e. The molecule has 4 heteroatoms. The lowest BCUT2D eigenvalue weighted by atomic mass is 10.2. The summed E-state index contributed by atoms with van der Waals surface area (Å²) in [6.07, 6.45) is 1.00. The summed E-state index contributed by atoms with van der Waals surface area (Å²) in [7, 11) is 1.42. The summed E-state index contributed by atoms with van der Waals surface area (Å²) in [6.45, 7) is 6.15. The van der Waals surface area contributed by atoms with Gasteiger partial charge in [0, 0.05) is 15.8 Å². The first-order chi connectivity index (χ1) is 7.58. The van der Waals surface area contributed by atoms with Crippen LogP contribution in [-0.2, 0) is 16.0 Å². The van der Waals surface area contributed by atoms with Gasteiger partial charge in [0.15, 0.2) is 0 Å². The molecule has 1 rings (SSSR count). The Labute approximate surface area is 101 Å². The van der Waals surface area contributed by atoms with E-state index >= 15 is 0 Å². The molecule has 0 amide bonds. The predicted octanol–water partition coefficient (Wildman–Crippen LogP) is 2.52. The smallest absolute Gasteiger partial charge is 0.328 e. The van der Waals surface area contributed by atoms with Crippen LogP contribution < -0.4 is 5.32 Å². The highest BCUT2D eigenvalue weighted by molar-refractivity contribution is 7.12. The monoisotopic (exact) mass is 241 g/mol. The van der Waals surface area contributed by atoms with Gasteiger partial charge < -0.3 is 4.74 Å². The first kappa shape index (κ1) is 13.2. The Kier molecular flexibility index (Phi) is 4.96. The van der Waals surface area contributed by atoms with Crippen LogP contribution in [0.1, 0.15) is 36.6 Å². The molecule has 1 aromatic heterocycles. The van der Waals surface area contributed by atoms with Gasteiger partial charge in [-0.3, -0.25) is 5.32 Å². The van der Waals surface area contributed by atoms with E-state index in [9.17, 15) is 4.79 Å². The van der Waals surface area contributed by atoms with E-state index in [1.807, 2.05) is 19.9 Å². The molecule has 0 aliphatic rings. The SMILES string of the molecule is CCc1ccc(C(NC(C)C)C(=O)OC)s1. The highest BCUT2D eigenvalue weighted by Crippen LogP contribution is 2.25. The number of aryl methyl sites for hydroxylation is 1. The molecule has 0 saturated carbocycles. The number of nitrogens with one attached hydrogen (secondary N) is 1. The van der Waals surface area contributed by atoms with Crippen LogP contribution in [-0.4, -0.2) is 19.1 Å². The first-order valence-electron chi connectivity index (χ1n) is 5.51. The van der Waals surface area contributed by atoms with Crippen molar-refractivity contribution in [2.75, 3.05) is 7.11 Å². The molecule has 1 aromatic rings. The van der Waals surface area contributed by atoms with Crippen LogP contribution >= 0.6 is 11.3 Å². The normalized spacial score (nSPS) is 12.8. The number of rotatable bonds is 5. The molecule has 0 fully saturated rings. The second-order valence-corrected chi connectivity index (χ2v) is 5.14. The van der Waals surface area contributed by atoms with E-state index in [0.717, 1.165) is 11.3 Å². The average Bonchev–Trinajstić information content (AvgIpc) is 2.72. The van der Waals surface area contributed by atoms with Crippen LogP contribution in [0.15, 0.2) is 12.1 Å². The van der Waals surface area contributed by atoms with Crippen LogP contribution in [0.25, 0.3) is 0 Å². The van der Waals surface area contributed by atoms with Crippen molar-refractivity contribution in [3.63, 3.8) is 0 Å². The first-order valence-corrected chi connectivity index (χ1v) is 6.32. The second kappa shape index (κ2) is 6.01. The van der Waals surface area contributed by atoms with E-state index in [0.29, 0.717) is 0 Å². The molecule has 0 aromatic carbocycles. The molecular weight excluding hydrogens is 222 g/mol. The maximum atomic E-state index is 11.7. The molecule has 16 heavy (non-hydrogen) atoms. The van der Waals surface area contributed by atoms with E-state index in [2.05, 4.69) is 18.3 Å². The van der Waals surface area contributed by atoms with E-state index in [1.165, 1.54) is 12.0 Å². The molecular formula is C12H19NO2S. The molecule has 0 aliphatic carbocycles. The molecule has 1 unspecified atom stereocenters. The minimum atomic E-state index is -0.338. The van der Waals surface area contributed by atoms with Crippen molar-refractivity contribution >= 4 is 17.3 Å². The molecule has 0 bridgehead atoms. The van der Waals surface area contributed by atoms with Crippen molar-refractivity contribution < 1.29 is 9.53 Å². The van der Waals surface area contributed by atoms with Crippen LogP contribution in [0.4, 0.5) is 0 Å². The van der Waals surface area contributed by atoms with Crippen molar-refractivity contribution in [1.82, 2.24) is 5.32 Å². The summed E-state index contributed by atoms with van der Waals surface area (Å²) >= 11 is 1.66. The zero-order valence-corrected chi connectivity index (χ0v) is 11.1. The van der Waals surface area contributed by atoms with Crippen LogP contribution in [0, 0.1) is 0 Å². The Morgan fingerprint density at radius 2 is 2.19 bits per heavy atom. The molecule has 90 valence electrons. The zero-order chi connectivity index (χ0) is 12.1.